The van der Waals surface area contributed by atoms with Gasteiger partial charge in [0.25, 0.3) is 0 Å². The minimum Gasteiger partial charge on any atom is -0.361 e. The van der Waals surface area contributed by atoms with E-state index in [0.29, 0.717) is 19.4 Å². The van der Waals surface area contributed by atoms with Gasteiger partial charge in [0.05, 0.1) is 12.6 Å². The molecule has 1 heterocycles. The molecule has 1 unspecified atom stereocenters. The van der Waals surface area contributed by atoms with E-state index in [9.17, 15) is 24.0 Å². The predicted octanol–water partition coefficient (Wildman–Crippen LogP) is 1.22. The van der Waals surface area contributed by atoms with Gasteiger partial charge in [0.1, 0.15) is 17.7 Å². The molecule has 1 rings (SSSR count). The van der Waals surface area contributed by atoms with Gasteiger partial charge in [-0.1, -0.05) is 47.5 Å². The van der Waals surface area contributed by atoms with Crippen molar-refractivity contribution in [2.24, 2.45) is 11.8 Å². The van der Waals surface area contributed by atoms with Crippen LogP contribution in [0.2, 0.25) is 0 Å². The number of carbonyl (C=O) groups excluding carboxylic acids is 5. The Morgan fingerprint density at radius 3 is 2.00 bits per heavy atom. The SMILES string of the molecule is CCCCCC(=O)N[C@H](C(=O)NC(CNC(C)=O)C(=O)N[C@@H](CC(C)C)C(=O)[C@@]1(C)CO1)C(C)C. The number of ketones is 1. The second-order valence-corrected chi connectivity index (χ2v) is 10.3. The molecule has 0 aliphatic carbocycles. The van der Waals surface area contributed by atoms with Gasteiger partial charge in [-0.25, -0.2) is 0 Å². The zero-order valence-corrected chi connectivity index (χ0v) is 22.3. The summed E-state index contributed by atoms with van der Waals surface area (Å²) in [5.74, 6) is -2.03. The Morgan fingerprint density at radius 2 is 1.51 bits per heavy atom. The lowest BCUT2D eigenvalue weighted by Gasteiger charge is -2.27. The normalized spacial score (nSPS) is 19.5. The number of hydrogen-bond acceptors (Lipinski definition) is 6. The quantitative estimate of drug-likeness (QED) is 0.187. The maximum atomic E-state index is 13.2. The monoisotopic (exact) mass is 496 g/mol. The van der Waals surface area contributed by atoms with Crippen molar-refractivity contribution in [2.45, 2.75) is 104 Å². The number of ether oxygens (including phenoxy) is 1. The topological polar surface area (TPSA) is 146 Å². The molecular formula is C25H44N4O6. The molecule has 0 spiro atoms. The van der Waals surface area contributed by atoms with Crippen LogP contribution in [0.25, 0.3) is 0 Å². The summed E-state index contributed by atoms with van der Waals surface area (Å²) in [5.41, 5.74) is -0.909. The van der Waals surface area contributed by atoms with Gasteiger partial charge in [0.2, 0.25) is 23.6 Å². The Hall–Kier alpha value is -2.49. The molecule has 10 nitrogen and oxygen atoms in total. The molecule has 1 saturated heterocycles. The first-order chi connectivity index (χ1) is 16.3. The third kappa shape index (κ3) is 10.8. The third-order valence-electron chi connectivity index (χ3n) is 5.90. The molecule has 1 aliphatic rings. The smallest absolute Gasteiger partial charge is 0.245 e. The standard InChI is InChI=1S/C25H44N4O6/c1-8-9-10-11-20(31)29-21(16(4)5)24(34)28-19(13-26-17(6)30)23(33)27-18(12-15(2)3)22(32)25(7)14-35-25/h15-16,18-19,21H,8-14H2,1-7H3,(H,26,30)(H,27,33)(H,28,34)(H,29,31)/t18-,19?,21-,25+/m0/s1. The van der Waals surface area contributed by atoms with Gasteiger partial charge >= 0.3 is 0 Å². The van der Waals surface area contributed by atoms with Crippen molar-refractivity contribution in [1.29, 1.82) is 0 Å². The van der Waals surface area contributed by atoms with Crippen molar-refractivity contribution >= 4 is 29.4 Å². The van der Waals surface area contributed by atoms with Crippen LogP contribution in [-0.4, -0.2) is 66.3 Å². The van der Waals surface area contributed by atoms with Crippen molar-refractivity contribution in [3.05, 3.63) is 0 Å². The van der Waals surface area contributed by atoms with Gasteiger partial charge in [-0.2, -0.15) is 0 Å². The molecule has 200 valence electrons. The predicted molar refractivity (Wildman–Crippen MR) is 132 cm³/mol. The van der Waals surface area contributed by atoms with E-state index in [1.54, 1.807) is 20.8 Å². The molecular weight excluding hydrogens is 452 g/mol. The van der Waals surface area contributed by atoms with Crippen LogP contribution in [0.3, 0.4) is 0 Å². The number of rotatable bonds is 16. The highest BCUT2D eigenvalue weighted by Crippen LogP contribution is 2.29. The fourth-order valence-corrected chi connectivity index (χ4v) is 3.63. The fourth-order valence-electron chi connectivity index (χ4n) is 3.63. The lowest BCUT2D eigenvalue weighted by atomic mass is 9.93. The first-order valence-electron chi connectivity index (χ1n) is 12.6. The molecule has 0 saturated carbocycles. The largest absolute Gasteiger partial charge is 0.361 e. The summed E-state index contributed by atoms with van der Waals surface area (Å²) in [6.45, 7) is 12.7. The molecule has 10 heteroatoms. The van der Waals surface area contributed by atoms with Crippen LogP contribution in [-0.2, 0) is 28.7 Å². The molecule has 4 atom stereocenters. The number of nitrogens with one attached hydrogen (secondary N) is 4. The van der Waals surface area contributed by atoms with Gasteiger partial charge < -0.3 is 26.0 Å². The molecule has 4 amide bonds. The maximum absolute atomic E-state index is 13.2. The minimum absolute atomic E-state index is 0.128. The molecule has 0 aromatic carbocycles. The van der Waals surface area contributed by atoms with Crippen LogP contribution < -0.4 is 21.3 Å². The van der Waals surface area contributed by atoms with Gasteiger partial charge in [-0.05, 0) is 31.6 Å². The molecule has 4 N–H and O–H groups in total. The number of amides is 4. The van der Waals surface area contributed by atoms with E-state index in [1.165, 1.54) is 6.92 Å². The Kier molecular flexibility index (Phi) is 12.4. The Morgan fingerprint density at radius 1 is 0.914 bits per heavy atom. The van der Waals surface area contributed by atoms with E-state index in [2.05, 4.69) is 21.3 Å². The van der Waals surface area contributed by atoms with E-state index in [1.807, 2.05) is 20.8 Å². The number of unbranched alkanes of at least 4 members (excludes halogenated alkanes) is 2. The molecule has 35 heavy (non-hydrogen) atoms. The summed E-state index contributed by atoms with van der Waals surface area (Å²) in [6, 6.07) is -2.76. The van der Waals surface area contributed by atoms with Crippen LogP contribution >= 0.6 is 0 Å². The number of Topliss-reactive ketones (excluding diaryl/α,β-unsaturated/α-hetero) is 1. The number of carbonyl (C=O) groups is 5. The van der Waals surface area contributed by atoms with Gasteiger partial charge in [-0.3, -0.25) is 24.0 Å². The Balaban J connectivity index is 2.95. The molecule has 0 aromatic rings. The molecule has 1 fully saturated rings. The van der Waals surface area contributed by atoms with Crippen LogP contribution in [0.5, 0.6) is 0 Å². The summed E-state index contributed by atoms with van der Waals surface area (Å²) >= 11 is 0. The van der Waals surface area contributed by atoms with Crippen LogP contribution in [0.1, 0.15) is 80.6 Å². The maximum Gasteiger partial charge on any atom is 0.245 e. The van der Waals surface area contributed by atoms with E-state index < -0.39 is 35.5 Å². The average Bonchev–Trinajstić information content (AvgIpc) is 3.51. The van der Waals surface area contributed by atoms with Gasteiger partial charge in [0.15, 0.2) is 5.78 Å². The zero-order chi connectivity index (χ0) is 26.8. The van der Waals surface area contributed by atoms with E-state index in [0.717, 1.165) is 19.3 Å². The van der Waals surface area contributed by atoms with Crippen LogP contribution in [0.15, 0.2) is 0 Å². The Bertz CT molecular complexity index is 763. The average molecular weight is 497 g/mol. The zero-order valence-electron chi connectivity index (χ0n) is 22.3. The highest BCUT2D eigenvalue weighted by molar-refractivity contribution is 5.98. The van der Waals surface area contributed by atoms with Crippen LogP contribution in [0, 0.1) is 11.8 Å². The minimum atomic E-state index is -1.12. The second-order valence-electron chi connectivity index (χ2n) is 10.3. The summed E-state index contributed by atoms with van der Waals surface area (Å²) in [6.07, 6.45) is 3.36. The van der Waals surface area contributed by atoms with Gasteiger partial charge in [-0.15, -0.1) is 0 Å². The highest BCUT2D eigenvalue weighted by atomic mass is 16.6. The van der Waals surface area contributed by atoms with E-state index in [4.69, 9.17) is 4.74 Å². The van der Waals surface area contributed by atoms with Crippen molar-refractivity contribution < 1.29 is 28.7 Å². The summed E-state index contributed by atoms with van der Waals surface area (Å²) in [7, 11) is 0. The lowest BCUT2D eigenvalue weighted by Crippen LogP contribution is -2.60. The molecule has 0 aromatic heterocycles. The molecule has 0 bridgehead atoms. The highest BCUT2D eigenvalue weighted by Gasteiger charge is 2.50. The first-order valence-corrected chi connectivity index (χ1v) is 12.6. The lowest BCUT2D eigenvalue weighted by molar-refractivity contribution is -0.135. The van der Waals surface area contributed by atoms with E-state index in [-0.39, 0.29) is 36.0 Å². The van der Waals surface area contributed by atoms with Gasteiger partial charge in [0, 0.05) is 19.9 Å². The third-order valence-corrected chi connectivity index (χ3v) is 5.90. The van der Waals surface area contributed by atoms with Crippen molar-refractivity contribution in [1.82, 2.24) is 21.3 Å². The molecule has 0 radical (unpaired) electrons. The van der Waals surface area contributed by atoms with Crippen molar-refractivity contribution in [2.75, 3.05) is 13.2 Å². The number of hydrogen-bond donors (Lipinski definition) is 4. The summed E-state index contributed by atoms with van der Waals surface area (Å²) in [4.78, 5) is 62.9. The van der Waals surface area contributed by atoms with E-state index >= 15 is 0 Å². The summed E-state index contributed by atoms with van der Waals surface area (Å²) < 4.78 is 5.27. The van der Waals surface area contributed by atoms with Crippen molar-refractivity contribution in [3.63, 3.8) is 0 Å². The number of epoxide rings is 1. The molecule has 1 aliphatic heterocycles. The van der Waals surface area contributed by atoms with Crippen molar-refractivity contribution in [3.8, 4) is 0 Å². The summed E-state index contributed by atoms with van der Waals surface area (Å²) in [5, 5.41) is 10.7. The first kappa shape index (κ1) is 30.5. The fraction of sp³-hybridized carbons (Fsp3) is 0.800. The van der Waals surface area contributed by atoms with Crippen LogP contribution in [0.4, 0.5) is 0 Å². The second kappa shape index (κ2) is 14.2. The Labute approximate surface area is 209 Å².